The summed E-state index contributed by atoms with van der Waals surface area (Å²) in [4.78, 5) is 9.12. The first-order valence-electron chi connectivity index (χ1n) is 8.69. The number of anilines is 1. The first-order chi connectivity index (χ1) is 12.5. The number of nitrogens with zero attached hydrogens (tertiary/aromatic N) is 3. The van der Waals surface area contributed by atoms with Crippen LogP contribution in [-0.4, -0.2) is 27.7 Å². The van der Waals surface area contributed by atoms with Gasteiger partial charge in [0.2, 0.25) is 0 Å². The quantitative estimate of drug-likeness (QED) is 0.782. The molecule has 3 aromatic rings. The summed E-state index contributed by atoms with van der Waals surface area (Å²) in [7, 11) is 0. The third-order valence-corrected chi connectivity index (χ3v) is 4.96. The van der Waals surface area contributed by atoms with E-state index in [1.54, 1.807) is 13.0 Å². The molecular weight excluding hydrogens is 331 g/mol. The zero-order valence-electron chi connectivity index (χ0n) is 14.9. The van der Waals surface area contributed by atoms with Gasteiger partial charge in [-0.25, -0.2) is 14.4 Å². The smallest absolute Gasteiger partial charge is 0.152 e. The molecule has 3 heterocycles. The average molecular weight is 352 g/mol. The van der Waals surface area contributed by atoms with Gasteiger partial charge >= 0.3 is 0 Å². The van der Waals surface area contributed by atoms with Gasteiger partial charge in [-0.05, 0) is 49.1 Å². The van der Waals surface area contributed by atoms with Gasteiger partial charge in [0.1, 0.15) is 17.2 Å². The Hall–Kier alpha value is -2.73. The van der Waals surface area contributed by atoms with E-state index in [0.717, 1.165) is 34.6 Å². The molecule has 0 aliphatic carbocycles. The van der Waals surface area contributed by atoms with Crippen molar-refractivity contribution in [3.8, 4) is 0 Å². The second-order valence-corrected chi connectivity index (χ2v) is 6.58. The maximum atomic E-state index is 13.9. The predicted molar refractivity (Wildman–Crippen MR) is 100 cm³/mol. The Kier molecular flexibility index (Phi) is 4.20. The summed E-state index contributed by atoms with van der Waals surface area (Å²) in [5.41, 5.74) is 11.4. The molecule has 6 heteroatoms. The Bertz CT molecular complexity index is 1020. The number of rotatable bonds is 3. The summed E-state index contributed by atoms with van der Waals surface area (Å²) in [6.45, 7) is 5.55. The number of hydrogen-bond acceptors (Lipinski definition) is 4. The zero-order valence-corrected chi connectivity index (χ0v) is 14.9. The van der Waals surface area contributed by atoms with Crippen LogP contribution in [0.5, 0.6) is 0 Å². The highest BCUT2D eigenvalue weighted by atomic mass is 19.1. The second-order valence-electron chi connectivity index (χ2n) is 6.58. The molecule has 4 rings (SSSR count). The van der Waals surface area contributed by atoms with Crippen LogP contribution in [0.4, 0.5) is 10.2 Å². The number of hydrogen-bond donors (Lipinski definition) is 1. The minimum Gasteiger partial charge on any atom is -0.382 e. The molecule has 0 bridgehead atoms. The molecule has 0 atom stereocenters. The van der Waals surface area contributed by atoms with Crippen molar-refractivity contribution in [3.63, 3.8) is 0 Å². The number of pyridine rings is 1. The number of halogens is 1. The lowest BCUT2D eigenvalue weighted by atomic mass is 10.1. The average Bonchev–Trinajstić information content (AvgIpc) is 2.96. The molecule has 2 aromatic heterocycles. The van der Waals surface area contributed by atoms with Crippen LogP contribution >= 0.6 is 0 Å². The summed E-state index contributed by atoms with van der Waals surface area (Å²) in [5.74, 6) is 1.05. The van der Waals surface area contributed by atoms with E-state index in [1.165, 1.54) is 6.07 Å². The highest BCUT2D eigenvalue weighted by Crippen LogP contribution is 2.28. The number of nitrogens with two attached hydrogens (primary N) is 1. The lowest BCUT2D eigenvalue weighted by Gasteiger charge is -2.14. The Morgan fingerprint density at radius 2 is 2.12 bits per heavy atom. The molecule has 0 fully saturated rings. The monoisotopic (exact) mass is 352 g/mol. The number of nitrogen functional groups attached to an aromatic ring is 1. The molecule has 26 heavy (non-hydrogen) atoms. The van der Waals surface area contributed by atoms with Crippen molar-refractivity contribution in [3.05, 3.63) is 58.8 Å². The summed E-state index contributed by atoms with van der Waals surface area (Å²) in [5, 5.41) is 0. The summed E-state index contributed by atoms with van der Waals surface area (Å²) < 4.78 is 21.4. The Labute approximate surface area is 151 Å². The molecule has 0 saturated heterocycles. The maximum Gasteiger partial charge on any atom is 0.152 e. The minimum atomic E-state index is -0.196. The van der Waals surface area contributed by atoms with E-state index in [9.17, 15) is 4.39 Å². The SMILES string of the molecule is Cc1c(F)cccc1Cn1c(C)nc2c(N)nc(C3=CCOCC3)cc21. The van der Waals surface area contributed by atoms with E-state index in [1.807, 2.05) is 25.1 Å². The van der Waals surface area contributed by atoms with Crippen LogP contribution in [0.15, 0.2) is 30.3 Å². The normalized spacial score (nSPS) is 14.7. The van der Waals surface area contributed by atoms with Crippen molar-refractivity contribution in [1.29, 1.82) is 0 Å². The van der Waals surface area contributed by atoms with Gasteiger partial charge in [0.25, 0.3) is 0 Å². The summed E-state index contributed by atoms with van der Waals surface area (Å²) in [6, 6.07) is 7.18. The maximum absolute atomic E-state index is 13.9. The van der Waals surface area contributed by atoms with Crippen molar-refractivity contribution in [2.24, 2.45) is 0 Å². The van der Waals surface area contributed by atoms with Crippen LogP contribution in [0.2, 0.25) is 0 Å². The van der Waals surface area contributed by atoms with Crippen molar-refractivity contribution in [1.82, 2.24) is 14.5 Å². The van der Waals surface area contributed by atoms with Gasteiger partial charge in [0, 0.05) is 6.54 Å². The van der Waals surface area contributed by atoms with Gasteiger partial charge in [0.05, 0.1) is 24.4 Å². The standard InChI is InChI=1S/C20H21FN4O/c1-12-15(4-3-5-16(12)21)11-25-13(2)23-19-18(25)10-17(24-20(19)22)14-6-8-26-9-7-14/h3-6,10H,7-9,11H2,1-2H3,(H2,22,24). The first kappa shape index (κ1) is 16.7. The molecule has 2 N–H and O–H groups in total. The van der Waals surface area contributed by atoms with Gasteiger partial charge in [-0.1, -0.05) is 18.2 Å². The molecule has 0 amide bonds. The molecule has 5 nitrogen and oxygen atoms in total. The fourth-order valence-electron chi connectivity index (χ4n) is 3.38. The minimum absolute atomic E-state index is 0.196. The molecule has 0 radical (unpaired) electrons. The molecule has 0 saturated carbocycles. The number of imidazole rings is 1. The van der Waals surface area contributed by atoms with Crippen LogP contribution in [0.3, 0.4) is 0 Å². The van der Waals surface area contributed by atoms with E-state index in [4.69, 9.17) is 10.5 Å². The molecule has 0 unspecified atom stereocenters. The number of aromatic nitrogens is 3. The lowest BCUT2D eigenvalue weighted by Crippen LogP contribution is -2.07. The predicted octanol–water partition coefficient (Wildman–Crippen LogP) is 3.62. The van der Waals surface area contributed by atoms with E-state index in [0.29, 0.717) is 36.7 Å². The van der Waals surface area contributed by atoms with Crippen LogP contribution < -0.4 is 5.73 Å². The van der Waals surface area contributed by atoms with Crippen molar-refractivity contribution < 1.29 is 9.13 Å². The third kappa shape index (κ3) is 2.86. The molecule has 1 aromatic carbocycles. The number of benzene rings is 1. The van der Waals surface area contributed by atoms with Crippen LogP contribution in [0.1, 0.15) is 29.1 Å². The highest BCUT2D eigenvalue weighted by Gasteiger charge is 2.17. The molecular formula is C20H21FN4O. The van der Waals surface area contributed by atoms with Crippen molar-refractivity contribution >= 4 is 22.4 Å². The number of fused-ring (bicyclic) bond motifs is 1. The Balaban J connectivity index is 1.84. The van der Waals surface area contributed by atoms with E-state index < -0.39 is 0 Å². The second kappa shape index (κ2) is 6.53. The van der Waals surface area contributed by atoms with E-state index in [2.05, 4.69) is 14.5 Å². The Morgan fingerprint density at radius 1 is 1.27 bits per heavy atom. The summed E-state index contributed by atoms with van der Waals surface area (Å²) in [6.07, 6.45) is 2.86. The highest BCUT2D eigenvalue weighted by molar-refractivity contribution is 5.88. The molecule has 1 aliphatic heterocycles. The van der Waals surface area contributed by atoms with E-state index in [-0.39, 0.29) is 5.82 Å². The van der Waals surface area contributed by atoms with Gasteiger partial charge in [-0.3, -0.25) is 0 Å². The van der Waals surface area contributed by atoms with Crippen molar-refractivity contribution in [2.75, 3.05) is 18.9 Å². The first-order valence-corrected chi connectivity index (χ1v) is 8.69. The van der Waals surface area contributed by atoms with Crippen LogP contribution in [0.25, 0.3) is 16.6 Å². The van der Waals surface area contributed by atoms with Gasteiger partial charge in [-0.15, -0.1) is 0 Å². The number of aryl methyl sites for hydroxylation is 1. The fraction of sp³-hybridized carbons (Fsp3) is 0.300. The topological polar surface area (TPSA) is 66.0 Å². The van der Waals surface area contributed by atoms with E-state index >= 15 is 0 Å². The zero-order chi connectivity index (χ0) is 18.3. The Morgan fingerprint density at radius 3 is 2.88 bits per heavy atom. The van der Waals surface area contributed by atoms with Crippen molar-refractivity contribution in [2.45, 2.75) is 26.8 Å². The largest absolute Gasteiger partial charge is 0.382 e. The van der Waals surface area contributed by atoms with Gasteiger partial charge < -0.3 is 15.0 Å². The fourth-order valence-corrected chi connectivity index (χ4v) is 3.38. The molecule has 0 spiro atoms. The summed E-state index contributed by atoms with van der Waals surface area (Å²) >= 11 is 0. The number of ether oxygens (including phenoxy) is 1. The van der Waals surface area contributed by atoms with Crippen LogP contribution in [0, 0.1) is 19.7 Å². The third-order valence-electron chi connectivity index (χ3n) is 4.96. The van der Waals surface area contributed by atoms with Gasteiger partial charge in [-0.2, -0.15) is 0 Å². The lowest BCUT2D eigenvalue weighted by molar-refractivity contribution is 0.161. The van der Waals surface area contributed by atoms with Crippen LogP contribution in [-0.2, 0) is 11.3 Å². The van der Waals surface area contributed by atoms with Gasteiger partial charge in [0.15, 0.2) is 5.82 Å². The molecule has 134 valence electrons. The molecule has 1 aliphatic rings.